The van der Waals surface area contributed by atoms with Crippen molar-refractivity contribution in [3.8, 4) is 0 Å². The predicted octanol–water partition coefficient (Wildman–Crippen LogP) is 11.4. The molecule has 0 aromatic heterocycles. The van der Waals surface area contributed by atoms with Gasteiger partial charge in [-0.2, -0.15) is 0 Å². The van der Waals surface area contributed by atoms with Crippen LogP contribution < -0.4 is 9.80 Å². The predicted molar refractivity (Wildman–Crippen MR) is 235 cm³/mol. The molecule has 0 aliphatic carbocycles. The lowest BCUT2D eigenvalue weighted by Gasteiger charge is -2.11. The Kier molecular flexibility index (Phi) is 13.6. The number of aryl methyl sites for hydroxylation is 2. The fourth-order valence-electron chi connectivity index (χ4n) is 6.12. The van der Waals surface area contributed by atoms with E-state index in [4.69, 9.17) is 0 Å². The number of aldehydes is 4. The Hall–Kier alpha value is -6.92. The molecule has 0 bridgehead atoms. The van der Waals surface area contributed by atoms with Gasteiger partial charge in [-0.25, -0.2) is 0 Å². The summed E-state index contributed by atoms with van der Waals surface area (Å²) in [6.07, 6.45) is 3.39. The van der Waals surface area contributed by atoms with Crippen LogP contribution in [0.1, 0.15) is 52.6 Å². The van der Waals surface area contributed by atoms with E-state index in [0.717, 1.165) is 69.2 Å². The molecule has 0 fully saturated rings. The van der Waals surface area contributed by atoms with Crippen LogP contribution in [0.5, 0.6) is 0 Å². The third-order valence-corrected chi connectivity index (χ3v) is 9.31. The number of hydrogen-bond donors (Lipinski definition) is 0. The maximum Gasteiger partial charge on any atom is 0.150 e. The molecule has 0 aliphatic rings. The van der Waals surface area contributed by atoms with Crippen molar-refractivity contribution < 1.29 is 19.2 Å². The van der Waals surface area contributed by atoms with E-state index in [1.807, 2.05) is 123 Å². The second kappa shape index (κ2) is 18.9. The first-order valence-corrected chi connectivity index (χ1v) is 18.2. The molecule has 56 heavy (non-hydrogen) atoms. The van der Waals surface area contributed by atoms with E-state index in [1.165, 1.54) is 32.7 Å². The highest BCUT2D eigenvalue weighted by Crippen LogP contribution is 2.26. The lowest BCUT2D eigenvalue weighted by Crippen LogP contribution is -2.08. The molecule has 0 aliphatic heterocycles. The molecule has 0 amide bonds. The summed E-state index contributed by atoms with van der Waals surface area (Å²) in [7, 11) is 7.87. The number of anilines is 2. The first kappa shape index (κ1) is 40.3. The van der Waals surface area contributed by atoms with Crippen LogP contribution >= 0.6 is 0 Å². The Morgan fingerprint density at radius 3 is 0.857 bits per heavy atom. The van der Waals surface area contributed by atoms with Crippen LogP contribution in [-0.4, -0.2) is 53.3 Å². The summed E-state index contributed by atoms with van der Waals surface area (Å²) < 4.78 is 0. The molecular weight excluding hydrogens is 693 g/mol. The SMILES string of the molecule is CN(C)c1ccc(C=O)cc1.CN(C)c1ccc(C=O)cc1.Cc1ccc2cc3cc(C)ccc3cc2c1.O=Cc1ccc2cc3cc(C=O)ccc3cc2c1. The van der Waals surface area contributed by atoms with Gasteiger partial charge in [-0.05, 0) is 142 Å². The average Bonchev–Trinajstić information content (AvgIpc) is 3.22. The number of carbonyl (C=O) groups excluding carboxylic acids is 4. The molecule has 280 valence electrons. The summed E-state index contributed by atoms with van der Waals surface area (Å²) in [4.78, 5) is 46.1. The normalized spacial score (nSPS) is 10.2. The van der Waals surface area contributed by atoms with E-state index < -0.39 is 0 Å². The third-order valence-electron chi connectivity index (χ3n) is 9.31. The van der Waals surface area contributed by atoms with Crippen LogP contribution in [0, 0.1) is 13.8 Å². The monoisotopic (exact) mass is 738 g/mol. The molecule has 6 nitrogen and oxygen atoms in total. The lowest BCUT2D eigenvalue weighted by atomic mass is 10.0. The van der Waals surface area contributed by atoms with Gasteiger partial charge < -0.3 is 9.80 Å². The molecular formula is C50H46N2O4. The van der Waals surface area contributed by atoms with Crippen LogP contribution in [-0.2, 0) is 0 Å². The van der Waals surface area contributed by atoms with E-state index in [2.05, 4.69) is 62.4 Å². The maximum atomic E-state index is 10.8. The highest BCUT2D eigenvalue weighted by molar-refractivity contribution is 6.01. The minimum Gasteiger partial charge on any atom is -0.378 e. The summed E-state index contributed by atoms with van der Waals surface area (Å²) >= 11 is 0. The van der Waals surface area contributed by atoms with Crippen molar-refractivity contribution in [3.63, 3.8) is 0 Å². The molecule has 0 N–H and O–H groups in total. The molecule has 0 heterocycles. The van der Waals surface area contributed by atoms with E-state index in [0.29, 0.717) is 11.1 Å². The van der Waals surface area contributed by atoms with E-state index in [-0.39, 0.29) is 0 Å². The molecule has 0 saturated heterocycles. The zero-order chi connectivity index (χ0) is 40.2. The van der Waals surface area contributed by atoms with Gasteiger partial charge in [0, 0.05) is 61.8 Å². The van der Waals surface area contributed by atoms with Gasteiger partial charge in [0.15, 0.2) is 0 Å². The number of nitrogens with zero attached hydrogens (tertiary/aromatic N) is 2. The average molecular weight is 739 g/mol. The standard InChI is InChI=1S/C16H10O2.C16H14.2C9H11NO/c17-9-11-1-3-13-7-16-6-12(10-18)2-4-14(16)8-15(13)5-11;1-11-3-5-13-10-16-8-12(2)4-6-14(16)9-15(13)7-11;2*1-10(2)9-5-3-8(7-11)4-6-9/h1-10H;3-10H,1-2H3;2*3-7H,1-2H3. The molecule has 8 aromatic carbocycles. The fourth-order valence-corrected chi connectivity index (χ4v) is 6.12. The van der Waals surface area contributed by atoms with Crippen LogP contribution in [0.4, 0.5) is 11.4 Å². The largest absolute Gasteiger partial charge is 0.378 e. The number of fused-ring (bicyclic) bond motifs is 4. The Balaban J connectivity index is 0.000000147. The lowest BCUT2D eigenvalue weighted by molar-refractivity contribution is 0.111. The van der Waals surface area contributed by atoms with Crippen LogP contribution in [0.3, 0.4) is 0 Å². The Morgan fingerprint density at radius 2 is 0.571 bits per heavy atom. The van der Waals surface area contributed by atoms with Crippen LogP contribution in [0.25, 0.3) is 43.1 Å². The van der Waals surface area contributed by atoms with Crippen LogP contribution in [0.2, 0.25) is 0 Å². The zero-order valence-electron chi connectivity index (χ0n) is 32.7. The summed E-state index contributed by atoms with van der Waals surface area (Å²) in [5, 5.41) is 9.50. The number of carbonyl (C=O) groups is 4. The molecule has 8 rings (SSSR count). The molecule has 6 heteroatoms. The fraction of sp³-hybridized carbons (Fsp3) is 0.120. The molecule has 0 saturated carbocycles. The second-order valence-electron chi connectivity index (χ2n) is 14.1. The van der Waals surface area contributed by atoms with Crippen molar-refractivity contribution in [1.29, 1.82) is 0 Å². The van der Waals surface area contributed by atoms with Crippen molar-refractivity contribution in [1.82, 2.24) is 0 Å². The minimum absolute atomic E-state index is 0.673. The van der Waals surface area contributed by atoms with E-state index >= 15 is 0 Å². The summed E-state index contributed by atoms with van der Waals surface area (Å²) in [5.41, 5.74) is 7.63. The van der Waals surface area contributed by atoms with Crippen LogP contribution in [0.15, 0.2) is 146 Å². The molecule has 0 spiro atoms. The van der Waals surface area contributed by atoms with E-state index in [1.54, 1.807) is 12.1 Å². The first-order valence-electron chi connectivity index (χ1n) is 18.2. The Bertz CT molecular complexity index is 2440. The van der Waals surface area contributed by atoms with Crippen molar-refractivity contribution in [2.75, 3.05) is 38.0 Å². The molecule has 0 unspecified atom stereocenters. The van der Waals surface area contributed by atoms with E-state index in [9.17, 15) is 19.2 Å². The van der Waals surface area contributed by atoms with Gasteiger partial charge in [0.1, 0.15) is 25.1 Å². The Morgan fingerprint density at radius 1 is 0.304 bits per heavy atom. The number of hydrogen-bond acceptors (Lipinski definition) is 6. The highest BCUT2D eigenvalue weighted by Gasteiger charge is 2.02. The Labute approximate surface area is 328 Å². The first-order chi connectivity index (χ1) is 27.0. The third kappa shape index (κ3) is 10.6. The highest BCUT2D eigenvalue weighted by atomic mass is 16.1. The summed E-state index contributed by atoms with van der Waals surface area (Å²) in [6, 6.07) is 47.9. The topological polar surface area (TPSA) is 74.8 Å². The summed E-state index contributed by atoms with van der Waals surface area (Å²) in [6.45, 7) is 4.28. The van der Waals surface area contributed by atoms with Gasteiger partial charge in [-0.15, -0.1) is 0 Å². The van der Waals surface area contributed by atoms with Gasteiger partial charge in [-0.1, -0.05) is 71.8 Å². The van der Waals surface area contributed by atoms with Crippen molar-refractivity contribution in [3.05, 3.63) is 179 Å². The van der Waals surface area contributed by atoms with Crippen molar-refractivity contribution >= 4 is 79.6 Å². The van der Waals surface area contributed by atoms with Gasteiger partial charge in [0.2, 0.25) is 0 Å². The zero-order valence-corrected chi connectivity index (χ0v) is 32.7. The maximum absolute atomic E-state index is 10.8. The molecule has 0 atom stereocenters. The smallest absolute Gasteiger partial charge is 0.150 e. The van der Waals surface area contributed by atoms with Crippen molar-refractivity contribution in [2.24, 2.45) is 0 Å². The van der Waals surface area contributed by atoms with Gasteiger partial charge in [0.25, 0.3) is 0 Å². The second-order valence-corrected chi connectivity index (χ2v) is 14.1. The van der Waals surface area contributed by atoms with Crippen molar-refractivity contribution in [2.45, 2.75) is 13.8 Å². The molecule has 8 aromatic rings. The summed E-state index contributed by atoms with van der Waals surface area (Å²) in [5.74, 6) is 0. The molecule has 0 radical (unpaired) electrons. The van der Waals surface area contributed by atoms with Gasteiger partial charge >= 0.3 is 0 Å². The number of rotatable bonds is 6. The number of benzene rings is 8. The minimum atomic E-state index is 0.673. The quantitative estimate of drug-likeness (QED) is 0.125. The van der Waals surface area contributed by atoms with Gasteiger partial charge in [0.05, 0.1) is 0 Å². The van der Waals surface area contributed by atoms with Gasteiger partial charge in [-0.3, -0.25) is 19.2 Å².